The molecule has 0 N–H and O–H groups in total. The molecule has 0 saturated carbocycles. The molecule has 0 unspecified atom stereocenters. The topological polar surface area (TPSA) is 0 Å². The largest absolute Gasteiger partial charge is 0.355 e. The van der Waals surface area contributed by atoms with Gasteiger partial charge in [-0.2, -0.15) is 0 Å². The number of rotatable bonds is 8. The lowest BCUT2D eigenvalue weighted by Crippen LogP contribution is -2.53. The van der Waals surface area contributed by atoms with Crippen LogP contribution in [0.25, 0.3) is 55.6 Å². The second kappa shape index (κ2) is 15.9. The van der Waals surface area contributed by atoms with Crippen molar-refractivity contribution >= 4 is 39.2 Å². The number of hydrogen-bond acceptors (Lipinski definition) is 0. The van der Waals surface area contributed by atoms with E-state index in [1.165, 1.54) is 128 Å². The van der Waals surface area contributed by atoms with Crippen molar-refractivity contribution in [1.82, 2.24) is 0 Å². The Morgan fingerprint density at radius 2 is 0.486 bits per heavy atom. The molecule has 0 fully saturated rings. The molecule has 0 heterocycles. The van der Waals surface area contributed by atoms with Gasteiger partial charge in [-0.1, -0.05) is 212 Å². The van der Waals surface area contributed by atoms with Crippen molar-refractivity contribution in [3.63, 3.8) is 0 Å². The molecule has 0 amide bonds. The van der Waals surface area contributed by atoms with Crippen LogP contribution in [-0.4, -0.2) is 6.00 Å². The Hall–Kier alpha value is -6.71. The molecular formula is C68H47Cl3Si. The number of halogens is 3. The zero-order valence-electron chi connectivity index (χ0n) is 39.6. The second-order valence-electron chi connectivity index (χ2n) is 20.8. The summed E-state index contributed by atoms with van der Waals surface area (Å²) >= 11 is 25.4. The summed E-state index contributed by atoms with van der Waals surface area (Å²) in [5.74, 6) is 0. The van der Waals surface area contributed by atoms with Crippen LogP contribution >= 0.6 is 33.2 Å². The predicted molar refractivity (Wildman–Crippen MR) is 302 cm³/mol. The highest BCUT2D eigenvalue weighted by molar-refractivity contribution is 7.65. The Labute approximate surface area is 436 Å². The van der Waals surface area contributed by atoms with Gasteiger partial charge in [0.05, 0.1) is 5.04 Å². The number of benzene rings is 10. The van der Waals surface area contributed by atoms with Crippen LogP contribution in [0, 0.1) is 0 Å². The fraction of sp³-hybridized carbons (Fsp3) is 0.118. The molecule has 0 atom stereocenters. The third-order valence-corrected chi connectivity index (χ3v) is 22.2. The molecule has 72 heavy (non-hydrogen) atoms. The Bertz CT molecular complexity index is 3620. The van der Waals surface area contributed by atoms with Crippen molar-refractivity contribution in [2.45, 2.75) is 49.0 Å². The molecule has 0 bridgehead atoms. The normalized spacial score (nSPS) is 14.1. The van der Waals surface area contributed by atoms with Crippen molar-refractivity contribution in [3.8, 4) is 55.6 Å². The van der Waals surface area contributed by atoms with Crippen LogP contribution in [0.3, 0.4) is 0 Å². The van der Waals surface area contributed by atoms with E-state index in [0.717, 1.165) is 43.2 Å². The molecule has 0 aliphatic heterocycles. The molecule has 344 valence electrons. The molecule has 0 aromatic heterocycles. The van der Waals surface area contributed by atoms with E-state index >= 15 is 0 Å². The molecule has 0 spiro atoms. The SMILES string of the molecule is Cl[Si](Cl)(Cl)C(CC(c1cccc2c1Cc1ccccc1-2)(c1cccc2c1Cc1ccccc1-2)c1cccc2c1Cc1ccccc1-2)(c1cccc2c1Cc1ccccc1-2)c1cccc2c1Cc1ccccc1-2. The first-order valence-corrected chi connectivity index (χ1v) is 30.5. The van der Waals surface area contributed by atoms with Crippen molar-refractivity contribution in [3.05, 3.63) is 296 Å². The van der Waals surface area contributed by atoms with E-state index in [2.05, 4.69) is 212 Å². The molecule has 10 aromatic rings. The van der Waals surface area contributed by atoms with E-state index in [4.69, 9.17) is 33.2 Å². The molecule has 15 rings (SSSR count). The number of hydrogen-bond donors (Lipinski definition) is 0. The lowest BCUT2D eigenvalue weighted by atomic mass is 9.58. The predicted octanol–water partition coefficient (Wildman–Crippen LogP) is 17.4. The zero-order chi connectivity index (χ0) is 47.9. The average molecular weight is 999 g/mol. The zero-order valence-corrected chi connectivity index (χ0v) is 42.9. The van der Waals surface area contributed by atoms with Crippen molar-refractivity contribution in [2.24, 2.45) is 0 Å². The van der Waals surface area contributed by atoms with Crippen LogP contribution in [0.1, 0.15) is 89.9 Å². The first kappa shape index (κ1) is 42.9. The summed E-state index contributed by atoms with van der Waals surface area (Å²) in [7, 11) is 0. The second-order valence-corrected chi connectivity index (χ2v) is 29.5. The Balaban J connectivity index is 1.13. The van der Waals surface area contributed by atoms with Crippen LogP contribution in [0.2, 0.25) is 0 Å². The van der Waals surface area contributed by atoms with Crippen molar-refractivity contribution in [2.75, 3.05) is 0 Å². The first-order chi connectivity index (χ1) is 35.3. The minimum absolute atomic E-state index is 0.495. The summed E-state index contributed by atoms with van der Waals surface area (Å²) in [6.45, 7) is 0. The van der Waals surface area contributed by atoms with E-state index in [9.17, 15) is 0 Å². The summed E-state index contributed by atoms with van der Waals surface area (Å²) in [5.41, 5.74) is 31.4. The molecule has 4 heteroatoms. The maximum absolute atomic E-state index is 8.46. The van der Waals surface area contributed by atoms with E-state index < -0.39 is 16.5 Å². The maximum Gasteiger partial charge on any atom is 0.355 e. The first-order valence-electron chi connectivity index (χ1n) is 25.4. The lowest BCUT2D eigenvalue weighted by Gasteiger charge is -2.50. The van der Waals surface area contributed by atoms with E-state index in [0.29, 0.717) is 6.42 Å². The van der Waals surface area contributed by atoms with Gasteiger partial charge in [-0.15, -0.1) is 33.2 Å². The number of fused-ring (bicyclic) bond motifs is 15. The minimum atomic E-state index is -4.07. The van der Waals surface area contributed by atoms with E-state index in [-0.39, 0.29) is 0 Å². The van der Waals surface area contributed by atoms with Crippen LogP contribution in [0.5, 0.6) is 0 Å². The van der Waals surface area contributed by atoms with Crippen LogP contribution in [0.15, 0.2) is 212 Å². The van der Waals surface area contributed by atoms with Gasteiger partial charge in [0.2, 0.25) is 0 Å². The lowest BCUT2D eigenvalue weighted by molar-refractivity contribution is 0.471. The van der Waals surface area contributed by atoms with Gasteiger partial charge in [0.15, 0.2) is 0 Å². The van der Waals surface area contributed by atoms with Gasteiger partial charge in [0, 0.05) is 5.41 Å². The quantitative estimate of drug-likeness (QED) is 0.0808. The van der Waals surface area contributed by atoms with Gasteiger partial charge in [-0.3, -0.25) is 0 Å². The van der Waals surface area contributed by atoms with Gasteiger partial charge in [-0.05, 0) is 178 Å². The standard InChI is InChI=1S/C68H47Cl3Si/c69-72(70,71)68(65-34-14-29-55-50-24-9-4-19-45(50)39-60(55)65,66-35-15-30-56-51-25-10-5-20-46(51)40-61(56)66)41-67(62-31-11-26-52-47-21-6-1-16-42(47)36-57(52)62,63-32-12-27-53-48-22-7-2-17-43(48)37-58(53)63)64-33-13-28-54-49-23-8-3-18-44(49)38-59(54)64/h1-35H,36-41H2. The minimum Gasteiger partial charge on any atom is -0.125 e. The van der Waals surface area contributed by atoms with Gasteiger partial charge in [0.25, 0.3) is 0 Å². The maximum atomic E-state index is 8.46. The highest BCUT2D eigenvalue weighted by Crippen LogP contribution is 2.64. The van der Waals surface area contributed by atoms with E-state index in [1.54, 1.807) is 0 Å². The van der Waals surface area contributed by atoms with Crippen LogP contribution in [-0.2, 0) is 42.6 Å². The molecule has 5 aliphatic rings. The highest BCUT2D eigenvalue weighted by Gasteiger charge is 2.62. The highest BCUT2D eigenvalue weighted by atomic mass is 35.8. The van der Waals surface area contributed by atoms with Gasteiger partial charge in [-0.25, -0.2) is 0 Å². The third-order valence-electron chi connectivity index (χ3n) is 17.6. The molecule has 5 aliphatic carbocycles. The van der Waals surface area contributed by atoms with E-state index in [1.807, 2.05) is 0 Å². The Morgan fingerprint density at radius 1 is 0.264 bits per heavy atom. The van der Waals surface area contributed by atoms with Crippen molar-refractivity contribution < 1.29 is 0 Å². The molecular weight excluding hydrogens is 951 g/mol. The third kappa shape index (κ3) is 5.94. The summed E-state index contributed by atoms with van der Waals surface area (Å²) in [4.78, 5) is 0. The molecule has 0 nitrogen and oxygen atoms in total. The molecule has 0 saturated heterocycles. The summed E-state index contributed by atoms with van der Waals surface area (Å²) < 4.78 is 0. The van der Waals surface area contributed by atoms with Gasteiger partial charge in [0.1, 0.15) is 0 Å². The van der Waals surface area contributed by atoms with Gasteiger partial charge >= 0.3 is 6.00 Å². The molecule has 0 radical (unpaired) electrons. The Kier molecular flexibility index (Phi) is 9.47. The summed E-state index contributed by atoms with van der Waals surface area (Å²) in [6.07, 6.45) is 4.48. The monoisotopic (exact) mass is 996 g/mol. The van der Waals surface area contributed by atoms with Crippen LogP contribution in [0.4, 0.5) is 0 Å². The average Bonchev–Trinajstić information content (AvgIpc) is 4.25. The fourth-order valence-electron chi connectivity index (χ4n) is 14.6. The Morgan fingerprint density at radius 3 is 0.750 bits per heavy atom. The van der Waals surface area contributed by atoms with Gasteiger partial charge < -0.3 is 0 Å². The molecule has 10 aromatic carbocycles. The van der Waals surface area contributed by atoms with Crippen molar-refractivity contribution in [1.29, 1.82) is 0 Å². The summed E-state index contributed by atoms with van der Waals surface area (Å²) in [6, 6.07) is 76.1. The summed E-state index contributed by atoms with van der Waals surface area (Å²) in [5, 5.41) is -1.10. The van der Waals surface area contributed by atoms with Crippen LogP contribution < -0.4 is 0 Å². The smallest absolute Gasteiger partial charge is 0.125 e. The fourth-order valence-corrected chi connectivity index (χ4v) is 18.6.